The zero-order valence-corrected chi connectivity index (χ0v) is 17.8. The van der Waals surface area contributed by atoms with Gasteiger partial charge in [-0.3, -0.25) is 9.59 Å². The van der Waals surface area contributed by atoms with E-state index in [1.807, 2.05) is 0 Å². The summed E-state index contributed by atoms with van der Waals surface area (Å²) in [5.74, 6) is -3.31. The van der Waals surface area contributed by atoms with Gasteiger partial charge in [-0.1, -0.05) is 0 Å². The molecule has 12 heteroatoms. The van der Waals surface area contributed by atoms with Crippen LogP contribution >= 0.6 is 0 Å². The van der Waals surface area contributed by atoms with E-state index < -0.39 is 34.3 Å². The molecule has 2 aromatic carbocycles. The highest BCUT2D eigenvalue weighted by atomic mass is 16.6. The number of carbonyl (C=O) groups is 2. The smallest absolute Gasteiger partial charge is 0.371 e. The molecule has 0 spiro atoms. The molecule has 0 amide bonds. The molecule has 5 aromatic rings. The standard InChI is InChI=1S/C24H12N2O10/c27-15-9-19(23(29)30)34-17-3-1-11(7-13(15)17)25-26-21-5-6-22(36-21)33-12-2-4-18-14(8-12)16(28)10-20(35-18)24(31)32/h1-10H,(H,29,30)(H,31,32). The fourth-order valence-electron chi connectivity index (χ4n) is 3.26. The lowest BCUT2D eigenvalue weighted by atomic mass is 10.2. The molecule has 0 saturated carbocycles. The van der Waals surface area contributed by atoms with Gasteiger partial charge in [0.25, 0.3) is 5.95 Å². The summed E-state index contributed by atoms with van der Waals surface area (Å²) in [4.78, 5) is 46.4. The molecule has 3 heterocycles. The number of azo groups is 1. The molecule has 178 valence electrons. The fraction of sp³-hybridized carbons (Fsp3) is 0. The van der Waals surface area contributed by atoms with Crippen molar-refractivity contribution in [2.75, 3.05) is 0 Å². The van der Waals surface area contributed by atoms with Crippen LogP contribution in [0.15, 0.2) is 93.7 Å². The van der Waals surface area contributed by atoms with Gasteiger partial charge in [0.2, 0.25) is 17.4 Å². The van der Waals surface area contributed by atoms with Crippen molar-refractivity contribution in [1.82, 2.24) is 0 Å². The number of nitrogens with zero attached hydrogens (tertiary/aromatic N) is 2. The Morgan fingerprint density at radius 2 is 1.31 bits per heavy atom. The van der Waals surface area contributed by atoms with E-state index >= 15 is 0 Å². The molecule has 2 N–H and O–H groups in total. The molecular formula is C24H12N2O10. The van der Waals surface area contributed by atoms with E-state index in [4.69, 9.17) is 28.2 Å². The first kappa shape index (κ1) is 22.3. The Morgan fingerprint density at radius 1 is 0.694 bits per heavy atom. The maximum Gasteiger partial charge on any atom is 0.371 e. The summed E-state index contributed by atoms with van der Waals surface area (Å²) in [6.07, 6.45) is 0. The summed E-state index contributed by atoms with van der Waals surface area (Å²) >= 11 is 0. The summed E-state index contributed by atoms with van der Waals surface area (Å²) in [6.45, 7) is 0. The Kier molecular flexibility index (Phi) is 5.37. The van der Waals surface area contributed by atoms with Crippen molar-refractivity contribution in [3.8, 4) is 11.7 Å². The first-order valence-corrected chi connectivity index (χ1v) is 10.1. The van der Waals surface area contributed by atoms with Crippen LogP contribution in [0.1, 0.15) is 21.1 Å². The first-order chi connectivity index (χ1) is 17.3. The minimum atomic E-state index is -1.36. The number of hydrogen-bond donors (Lipinski definition) is 2. The predicted octanol–water partition coefficient (Wildman–Crippen LogP) is 5.10. The number of ether oxygens (including phenoxy) is 1. The van der Waals surface area contributed by atoms with Gasteiger partial charge in [-0.05, 0) is 36.4 Å². The number of fused-ring (bicyclic) bond motifs is 2. The van der Waals surface area contributed by atoms with Gasteiger partial charge in [0.15, 0.2) is 10.9 Å². The largest absolute Gasteiger partial charge is 0.475 e. The maximum absolute atomic E-state index is 12.2. The summed E-state index contributed by atoms with van der Waals surface area (Å²) in [5.41, 5.74) is -0.612. The third kappa shape index (κ3) is 4.33. The Morgan fingerprint density at radius 3 is 1.94 bits per heavy atom. The van der Waals surface area contributed by atoms with Crippen LogP contribution in [-0.4, -0.2) is 22.2 Å². The monoisotopic (exact) mass is 488 g/mol. The van der Waals surface area contributed by atoms with Crippen LogP contribution in [0.25, 0.3) is 21.9 Å². The zero-order valence-electron chi connectivity index (χ0n) is 17.8. The van der Waals surface area contributed by atoms with E-state index in [9.17, 15) is 19.2 Å². The van der Waals surface area contributed by atoms with Crippen LogP contribution in [0, 0.1) is 0 Å². The SMILES string of the molecule is O=C(O)c1cc(=O)c2cc(N=Nc3ccc(Oc4ccc5oc(C(=O)O)cc(=O)c5c4)o3)ccc2o1. The minimum absolute atomic E-state index is 0.0372. The average molecular weight is 488 g/mol. The van der Waals surface area contributed by atoms with Crippen molar-refractivity contribution >= 4 is 45.4 Å². The van der Waals surface area contributed by atoms with E-state index in [0.29, 0.717) is 5.69 Å². The lowest BCUT2D eigenvalue weighted by Crippen LogP contribution is -2.06. The third-order valence-electron chi connectivity index (χ3n) is 4.88. The van der Waals surface area contributed by atoms with E-state index in [1.165, 1.54) is 48.5 Å². The Bertz CT molecular complexity index is 1830. The van der Waals surface area contributed by atoms with Crippen molar-refractivity contribution in [3.63, 3.8) is 0 Å². The second-order valence-corrected chi connectivity index (χ2v) is 7.29. The highest BCUT2D eigenvalue weighted by Gasteiger charge is 2.13. The van der Waals surface area contributed by atoms with Crippen molar-refractivity contribution in [3.05, 3.63) is 92.6 Å². The van der Waals surface area contributed by atoms with Crippen molar-refractivity contribution in [2.45, 2.75) is 0 Å². The number of rotatable bonds is 6. The van der Waals surface area contributed by atoms with Gasteiger partial charge < -0.3 is 28.2 Å². The quantitative estimate of drug-likeness (QED) is 0.305. The molecule has 0 atom stereocenters. The highest BCUT2D eigenvalue weighted by Crippen LogP contribution is 2.30. The predicted molar refractivity (Wildman–Crippen MR) is 122 cm³/mol. The molecule has 36 heavy (non-hydrogen) atoms. The van der Waals surface area contributed by atoms with E-state index in [-0.39, 0.29) is 39.5 Å². The number of hydrogen-bond acceptors (Lipinski definition) is 10. The molecule has 3 aromatic heterocycles. The van der Waals surface area contributed by atoms with Gasteiger partial charge in [0, 0.05) is 24.3 Å². The molecule has 5 rings (SSSR count). The second-order valence-electron chi connectivity index (χ2n) is 7.29. The Labute approximate surface area is 198 Å². The number of carboxylic acid groups (broad SMARTS) is 2. The normalized spacial score (nSPS) is 11.3. The minimum Gasteiger partial charge on any atom is -0.475 e. The molecule has 0 aliphatic rings. The molecule has 0 saturated heterocycles. The highest BCUT2D eigenvalue weighted by molar-refractivity contribution is 5.88. The topological polar surface area (TPSA) is 182 Å². The maximum atomic E-state index is 12.2. The number of carboxylic acids is 2. The van der Waals surface area contributed by atoms with Crippen LogP contribution in [0.3, 0.4) is 0 Å². The van der Waals surface area contributed by atoms with E-state index in [1.54, 1.807) is 0 Å². The molecule has 0 aliphatic carbocycles. The fourth-order valence-corrected chi connectivity index (χ4v) is 3.26. The van der Waals surface area contributed by atoms with Crippen LogP contribution in [0.5, 0.6) is 11.7 Å². The number of furan rings is 1. The molecule has 0 fully saturated rings. The summed E-state index contributed by atoms with van der Waals surface area (Å²) in [6, 6.07) is 13.2. The lowest BCUT2D eigenvalue weighted by molar-refractivity contribution is 0.0653. The third-order valence-corrected chi connectivity index (χ3v) is 4.88. The van der Waals surface area contributed by atoms with Crippen LogP contribution in [0.2, 0.25) is 0 Å². The number of benzene rings is 2. The molecule has 0 unspecified atom stereocenters. The second kappa shape index (κ2) is 8.68. The summed E-state index contributed by atoms with van der Waals surface area (Å²) < 4.78 is 21.4. The van der Waals surface area contributed by atoms with E-state index in [2.05, 4.69) is 10.2 Å². The molecule has 12 nitrogen and oxygen atoms in total. The van der Waals surface area contributed by atoms with Gasteiger partial charge in [-0.25, -0.2) is 9.59 Å². The van der Waals surface area contributed by atoms with Crippen LogP contribution in [-0.2, 0) is 0 Å². The Balaban J connectivity index is 1.35. The summed E-state index contributed by atoms with van der Waals surface area (Å²) in [7, 11) is 0. The van der Waals surface area contributed by atoms with Gasteiger partial charge in [-0.2, -0.15) is 0 Å². The van der Waals surface area contributed by atoms with Gasteiger partial charge in [0.05, 0.1) is 16.5 Å². The van der Waals surface area contributed by atoms with Crippen LogP contribution in [0.4, 0.5) is 11.6 Å². The van der Waals surface area contributed by atoms with E-state index in [0.717, 1.165) is 12.1 Å². The van der Waals surface area contributed by atoms with Crippen molar-refractivity contribution < 1.29 is 37.8 Å². The van der Waals surface area contributed by atoms with Gasteiger partial charge >= 0.3 is 11.9 Å². The van der Waals surface area contributed by atoms with Crippen LogP contribution < -0.4 is 15.6 Å². The molecule has 0 aliphatic heterocycles. The van der Waals surface area contributed by atoms with Gasteiger partial charge in [0.1, 0.15) is 16.9 Å². The lowest BCUT2D eigenvalue weighted by Gasteiger charge is -2.04. The van der Waals surface area contributed by atoms with Gasteiger partial charge in [-0.15, -0.1) is 10.2 Å². The average Bonchev–Trinajstić information content (AvgIpc) is 3.30. The molecule has 0 radical (unpaired) electrons. The molecule has 0 bridgehead atoms. The summed E-state index contributed by atoms with van der Waals surface area (Å²) in [5, 5.41) is 26.2. The van der Waals surface area contributed by atoms with Crippen molar-refractivity contribution in [2.24, 2.45) is 10.2 Å². The Hall–Kier alpha value is -5.52. The number of aromatic carboxylic acids is 2. The zero-order chi connectivity index (χ0) is 25.4. The first-order valence-electron chi connectivity index (χ1n) is 10.1. The van der Waals surface area contributed by atoms with Crippen molar-refractivity contribution in [1.29, 1.82) is 0 Å². The molecular weight excluding hydrogens is 476 g/mol.